The molecule has 0 radical (unpaired) electrons. The Bertz CT molecular complexity index is 469. The summed E-state index contributed by atoms with van der Waals surface area (Å²) in [6.45, 7) is 7.05. The molecule has 3 heteroatoms. The third kappa shape index (κ3) is 1.75. The highest BCUT2D eigenvalue weighted by Gasteiger charge is 2.42. The van der Waals surface area contributed by atoms with Gasteiger partial charge in [0.05, 0.1) is 6.04 Å². The van der Waals surface area contributed by atoms with Crippen molar-refractivity contribution in [3.63, 3.8) is 0 Å². The normalized spacial score (nSPS) is 43.7. The van der Waals surface area contributed by atoms with Crippen molar-refractivity contribution in [1.82, 2.24) is 9.80 Å². The van der Waals surface area contributed by atoms with Crippen LogP contribution in [0.15, 0.2) is 35.9 Å². The summed E-state index contributed by atoms with van der Waals surface area (Å²) >= 11 is 0. The predicted molar refractivity (Wildman–Crippen MR) is 75.2 cm³/mol. The Balaban J connectivity index is 1.61. The van der Waals surface area contributed by atoms with Gasteiger partial charge in [0.2, 0.25) is 0 Å². The van der Waals surface area contributed by atoms with E-state index in [1.54, 1.807) is 0 Å². The van der Waals surface area contributed by atoms with Crippen molar-refractivity contribution >= 4 is 0 Å². The fraction of sp³-hybridized carbons (Fsp3) is 0.625. The Kier molecular flexibility index (Phi) is 2.52. The molecular weight excluding hydrogens is 236 g/mol. The first kappa shape index (κ1) is 11.6. The van der Waals surface area contributed by atoms with E-state index in [4.69, 9.17) is 4.74 Å². The Morgan fingerprint density at radius 2 is 2.00 bits per heavy atom. The molecule has 2 bridgehead atoms. The summed E-state index contributed by atoms with van der Waals surface area (Å²) in [6.07, 6.45) is 11.8. The summed E-state index contributed by atoms with van der Waals surface area (Å²) in [4.78, 5) is 5.05. The molecule has 5 aliphatic heterocycles. The Hall–Kier alpha value is -1.22. The second-order valence-corrected chi connectivity index (χ2v) is 6.31. The van der Waals surface area contributed by atoms with E-state index in [1.165, 1.54) is 31.5 Å². The summed E-state index contributed by atoms with van der Waals surface area (Å²) in [6, 6.07) is 1.27. The molecule has 5 aliphatic rings. The lowest BCUT2D eigenvalue weighted by molar-refractivity contribution is -0.00790. The number of nitrogens with zero attached hydrogens (tertiary/aromatic N) is 2. The van der Waals surface area contributed by atoms with Crippen LogP contribution in [0.2, 0.25) is 0 Å². The molecule has 3 saturated heterocycles. The number of hydrogen-bond acceptors (Lipinski definition) is 3. The average molecular weight is 258 g/mol. The molecular formula is C16H22N2O. The maximum Gasteiger partial charge on any atom is 0.143 e. The zero-order valence-electron chi connectivity index (χ0n) is 11.7. The summed E-state index contributed by atoms with van der Waals surface area (Å²) in [5, 5.41) is 0. The molecule has 102 valence electrons. The van der Waals surface area contributed by atoms with Gasteiger partial charge in [-0.05, 0) is 57.8 Å². The Labute approximate surface area is 115 Å². The zero-order chi connectivity index (χ0) is 13.0. The van der Waals surface area contributed by atoms with E-state index in [-0.39, 0.29) is 6.10 Å². The van der Waals surface area contributed by atoms with Gasteiger partial charge in [0.1, 0.15) is 11.9 Å². The third-order valence-electron chi connectivity index (χ3n) is 5.18. The fourth-order valence-electron chi connectivity index (χ4n) is 4.18. The molecule has 19 heavy (non-hydrogen) atoms. The van der Waals surface area contributed by atoms with E-state index in [1.807, 2.05) is 0 Å². The van der Waals surface area contributed by atoms with Gasteiger partial charge in [-0.2, -0.15) is 0 Å². The molecule has 0 saturated carbocycles. The summed E-state index contributed by atoms with van der Waals surface area (Å²) < 4.78 is 5.86. The molecule has 3 fully saturated rings. The highest BCUT2D eigenvalue weighted by Crippen LogP contribution is 2.38. The van der Waals surface area contributed by atoms with Crippen LogP contribution in [0, 0.1) is 5.92 Å². The molecule has 0 aromatic rings. The minimum absolute atomic E-state index is 0.217. The molecule has 3 atom stereocenters. The maximum atomic E-state index is 5.86. The first-order chi connectivity index (χ1) is 9.22. The maximum absolute atomic E-state index is 5.86. The topological polar surface area (TPSA) is 15.7 Å². The van der Waals surface area contributed by atoms with Crippen LogP contribution in [0.1, 0.15) is 26.7 Å². The molecule has 0 amide bonds. The van der Waals surface area contributed by atoms with Crippen molar-refractivity contribution in [3.05, 3.63) is 35.9 Å². The van der Waals surface area contributed by atoms with Crippen LogP contribution in [0.25, 0.3) is 0 Å². The SMILES string of the molecule is CC1C=C2C=CN([C@@H]3C4CCN(CC4)[C@H]3C)C=C2O1. The van der Waals surface area contributed by atoms with Crippen molar-refractivity contribution in [2.24, 2.45) is 5.92 Å². The van der Waals surface area contributed by atoms with Crippen LogP contribution >= 0.6 is 0 Å². The number of rotatable bonds is 1. The Morgan fingerprint density at radius 1 is 1.21 bits per heavy atom. The van der Waals surface area contributed by atoms with E-state index in [2.05, 4.69) is 48.2 Å². The van der Waals surface area contributed by atoms with E-state index in [0.717, 1.165) is 11.7 Å². The number of ether oxygens (including phenoxy) is 1. The van der Waals surface area contributed by atoms with Gasteiger partial charge in [-0.15, -0.1) is 0 Å². The van der Waals surface area contributed by atoms with Crippen molar-refractivity contribution in [1.29, 1.82) is 0 Å². The van der Waals surface area contributed by atoms with Crippen molar-refractivity contribution in [2.45, 2.75) is 44.9 Å². The lowest BCUT2D eigenvalue weighted by Gasteiger charge is -2.53. The van der Waals surface area contributed by atoms with Crippen LogP contribution < -0.4 is 0 Å². The molecule has 0 N–H and O–H groups in total. The molecule has 3 nitrogen and oxygen atoms in total. The Morgan fingerprint density at radius 3 is 2.74 bits per heavy atom. The van der Waals surface area contributed by atoms with Gasteiger partial charge in [0.15, 0.2) is 0 Å². The van der Waals surface area contributed by atoms with Gasteiger partial charge in [-0.25, -0.2) is 0 Å². The average Bonchev–Trinajstić information content (AvgIpc) is 2.79. The van der Waals surface area contributed by atoms with Crippen molar-refractivity contribution in [3.8, 4) is 0 Å². The van der Waals surface area contributed by atoms with E-state index >= 15 is 0 Å². The molecule has 5 heterocycles. The van der Waals surface area contributed by atoms with Crippen molar-refractivity contribution < 1.29 is 4.74 Å². The predicted octanol–water partition coefficient (Wildman–Crippen LogP) is 2.48. The van der Waals surface area contributed by atoms with E-state index in [0.29, 0.717) is 12.1 Å². The molecule has 0 aromatic heterocycles. The zero-order valence-corrected chi connectivity index (χ0v) is 11.7. The first-order valence-electron chi connectivity index (χ1n) is 7.53. The van der Waals surface area contributed by atoms with Crippen LogP contribution in [-0.4, -0.2) is 41.1 Å². The van der Waals surface area contributed by atoms with Gasteiger partial charge >= 0.3 is 0 Å². The van der Waals surface area contributed by atoms with E-state index in [9.17, 15) is 0 Å². The van der Waals surface area contributed by atoms with E-state index < -0.39 is 0 Å². The van der Waals surface area contributed by atoms with Gasteiger partial charge in [-0.3, -0.25) is 4.90 Å². The van der Waals surface area contributed by atoms with Gasteiger partial charge in [0, 0.05) is 24.0 Å². The fourth-order valence-corrected chi connectivity index (χ4v) is 4.18. The summed E-state index contributed by atoms with van der Waals surface area (Å²) in [7, 11) is 0. The highest BCUT2D eigenvalue weighted by molar-refractivity contribution is 5.43. The lowest BCUT2D eigenvalue weighted by atomic mass is 9.78. The smallest absolute Gasteiger partial charge is 0.143 e. The molecule has 0 aliphatic carbocycles. The van der Waals surface area contributed by atoms with Crippen LogP contribution in [0.4, 0.5) is 0 Å². The van der Waals surface area contributed by atoms with Gasteiger partial charge < -0.3 is 9.64 Å². The van der Waals surface area contributed by atoms with Crippen LogP contribution in [0.5, 0.6) is 0 Å². The van der Waals surface area contributed by atoms with Gasteiger partial charge in [0.25, 0.3) is 0 Å². The monoisotopic (exact) mass is 258 g/mol. The largest absolute Gasteiger partial charge is 0.484 e. The van der Waals surface area contributed by atoms with Gasteiger partial charge in [-0.1, -0.05) is 0 Å². The number of allylic oxidation sites excluding steroid dienone is 1. The highest BCUT2D eigenvalue weighted by atomic mass is 16.5. The molecule has 0 spiro atoms. The summed E-state index contributed by atoms with van der Waals surface area (Å²) in [5.41, 5.74) is 1.25. The first-order valence-corrected chi connectivity index (χ1v) is 7.53. The standard InChI is InChI=1S/C16H22N2O/c1-11-9-14-5-8-18(10-15(14)19-11)16-12(2)17-6-3-13(16)4-7-17/h5,8-13,16H,3-4,6-7H2,1-2H3/t11?,12-,16-/m0/s1. The second kappa shape index (κ2) is 4.14. The lowest BCUT2D eigenvalue weighted by Crippen LogP contribution is -2.60. The molecule has 5 rings (SSSR count). The molecule has 1 unspecified atom stereocenters. The van der Waals surface area contributed by atoms with Crippen LogP contribution in [0.3, 0.4) is 0 Å². The molecule has 0 aromatic carbocycles. The van der Waals surface area contributed by atoms with Crippen LogP contribution in [-0.2, 0) is 4.74 Å². The quantitative estimate of drug-likeness (QED) is 0.718. The number of piperidine rings is 3. The summed E-state index contributed by atoms with van der Waals surface area (Å²) in [5.74, 6) is 1.89. The number of hydrogen-bond donors (Lipinski definition) is 0. The minimum atomic E-state index is 0.217. The third-order valence-corrected chi connectivity index (χ3v) is 5.18. The second-order valence-electron chi connectivity index (χ2n) is 6.31. The van der Waals surface area contributed by atoms with Crippen molar-refractivity contribution in [2.75, 3.05) is 13.1 Å². The minimum Gasteiger partial charge on any atom is -0.484 e. The number of fused-ring (bicyclic) bond motifs is 4.